The van der Waals surface area contributed by atoms with Crippen LogP contribution in [0.1, 0.15) is 57.8 Å². The van der Waals surface area contributed by atoms with Gasteiger partial charge in [-0.25, -0.2) is 0 Å². The lowest BCUT2D eigenvalue weighted by Crippen LogP contribution is -2.34. The van der Waals surface area contributed by atoms with E-state index in [1.54, 1.807) is 0 Å². The molecule has 3 heteroatoms. The van der Waals surface area contributed by atoms with Gasteiger partial charge in [0.1, 0.15) is 12.1 Å². The summed E-state index contributed by atoms with van der Waals surface area (Å²) in [6.45, 7) is 0.915. The Kier molecular flexibility index (Phi) is 3.75. The summed E-state index contributed by atoms with van der Waals surface area (Å²) in [5.74, 6) is 1.38. The zero-order valence-electron chi connectivity index (χ0n) is 11.6. The molecule has 3 rings (SSSR count). The Balaban J connectivity index is 1.67. The second-order valence-electron chi connectivity index (χ2n) is 6.62. The molecule has 1 heterocycles. The molecule has 0 aromatic heterocycles. The number of ether oxygens (including phenoxy) is 1. The highest BCUT2D eigenvalue weighted by molar-refractivity contribution is 5.85. The van der Waals surface area contributed by atoms with Gasteiger partial charge >= 0.3 is 0 Å². The lowest BCUT2D eigenvalue weighted by molar-refractivity contribution is -0.123. The van der Waals surface area contributed by atoms with Crippen molar-refractivity contribution in [2.45, 2.75) is 63.4 Å². The topological polar surface area (TPSA) is 43.4 Å². The van der Waals surface area contributed by atoms with Crippen LogP contribution < -0.4 is 0 Å². The normalized spacial score (nSPS) is 42.3. The van der Waals surface area contributed by atoms with Gasteiger partial charge in [0.2, 0.25) is 0 Å². The summed E-state index contributed by atoms with van der Waals surface area (Å²) < 4.78 is 6.09. The second-order valence-corrected chi connectivity index (χ2v) is 6.62. The smallest absolute Gasteiger partial charge is 0.136 e. The zero-order chi connectivity index (χ0) is 13.3. The standard InChI is InChI=1S/C16H24O3/c17-9-6-14-12(4-5-15(14)18)11-13-3-1-7-16(13)8-2-10-19-16/h9,12-14H,1-8,10-11H2/t12?,13?,14?,16-/m0/s1. The number of rotatable bonds is 4. The van der Waals surface area contributed by atoms with Crippen LogP contribution in [0.2, 0.25) is 0 Å². The molecular weight excluding hydrogens is 240 g/mol. The number of hydrogen-bond donors (Lipinski definition) is 0. The Bertz CT molecular complexity index is 351. The zero-order valence-corrected chi connectivity index (χ0v) is 11.6. The molecule has 3 unspecified atom stereocenters. The van der Waals surface area contributed by atoms with E-state index in [0.717, 1.165) is 25.7 Å². The van der Waals surface area contributed by atoms with E-state index >= 15 is 0 Å². The Morgan fingerprint density at radius 2 is 2.11 bits per heavy atom. The number of aldehydes is 1. The van der Waals surface area contributed by atoms with Crippen LogP contribution in [0.3, 0.4) is 0 Å². The van der Waals surface area contributed by atoms with Gasteiger partial charge in [-0.3, -0.25) is 4.79 Å². The highest BCUT2D eigenvalue weighted by Gasteiger charge is 2.48. The van der Waals surface area contributed by atoms with Crippen LogP contribution in [0, 0.1) is 17.8 Å². The van der Waals surface area contributed by atoms with E-state index in [9.17, 15) is 9.59 Å². The van der Waals surface area contributed by atoms with Crippen molar-refractivity contribution in [3.05, 3.63) is 0 Å². The van der Waals surface area contributed by atoms with Crippen molar-refractivity contribution in [3.63, 3.8) is 0 Å². The quantitative estimate of drug-likeness (QED) is 0.733. The second kappa shape index (κ2) is 5.35. The van der Waals surface area contributed by atoms with Gasteiger partial charge in [0.05, 0.1) is 5.60 Å². The SMILES string of the molecule is O=CCC1C(=O)CCC1CC1CCC[C@]12CCCO2. The van der Waals surface area contributed by atoms with Crippen molar-refractivity contribution < 1.29 is 14.3 Å². The molecule has 3 nitrogen and oxygen atoms in total. The average Bonchev–Trinajstić information content (AvgIpc) is 3.10. The molecule has 0 amide bonds. The van der Waals surface area contributed by atoms with Crippen LogP contribution in [-0.4, -0.2) is 24.3 Å². The van der Waals surface area contributed by atoms with Crippen molar-refractivity contribution in [3.8, 4) is 0 Å². The van der Waals surface area contributed by atoms with Crippen LogP contribution >= 0.6 is 0 Å². The van der Waals surface area contributed by atoms with Crippen LogP contribution in [0.4, 0.5) is 0 Å². The maximum Gasteiger partial charge on any atom is 0.136 e. The van der Waals surface area contributed by atoms with Gasteiger partial charge in [0.25, 0.3) is 0 Å². The van der Waals surface area contributed by atoms with Gasteiger partial charge in [-0.2, -0.15) is 0 Å². The number of carbonyl (C=O) groups excluding carboxylic acids is 2. The van der Waals surface area contributed by atoms with Crippen molar-refractivity contribution in [2.24, 2.45) is 17.8 Å². The largest absolute Gasteiger partial charge is 0.375 e. The Hall–Kier alpha value is -0.700. The number of ketones is 1. The van der Waals surface area contributed by atoms with Gasteiger partial charge in [0.15, 0.2) is 0 Å². The molecule has 106 valence electrons. The summed E-state index contributed by atoms with van der Waals surface area (Å²) >= 11 is 0. The van der Waals surface area contributed by atoms with Crippen LogP contribution in [0.25, 0.3) is 0 Å². The van der Waals surface area contributed by atoms with Crippen LogP contribution in [0.15, 0.2) is 0 Å². The summed E-state index contributed by atoms with van der Waals surface area (Å²) in [6.07, 6.45) is 10.3. The molecule has 1 spiro atoms. The van der Waals surface area contributed by atoms with E-state index in [1.165, 1.54) is 32.1 Å². The monoisotopic (exact) mass is 264 g/mol. The fourth-order valence-electron chi connectivity index (χ4n) is 4.74. The average molecular weight is 264 g/mol. The first-order valence-electron chi connectivity index (χ1n) is 7.85. The fraction of sp³-hybridized carbons (Fsp3) is 0.875. The summed E-state index contributed by atoms with van der Waals surface area (Å²) in [4.78, 5) is 22.6. The third kappa shape index (κ3) is 2.37. The van der Waals surface area contributed by atoms with Gasteiger partial charge in [0, 0.05) is 25.4 Å². The molecule has 0 N–H and O–H groups in total. The van der Waals surface area contributed by atoms with E-state index in [4.69, 9.17) is 4.74 Å². The molecule has 2 aliphatic carbocycles. The first kappa shape index (κ1) is 13.3. The molecule has 2 saturated carbocycles. The summed E-state index contributed by atoms with van der Waals surface area (Å²) in [6, 6.07) is 0. The summed E-state index contributed by atoms with van der Waals surface area (Å²) in [7, 11) is 0. The minimum Gasteiger partial charge on any atom is -0.375 e. The number of carbonyl (C=O) groups is 2. The Labute approximate surface area is 115 Å². The van der Waals surface area contributed by atoms with Crippen molar-refractivity contribution in [2.75, 3.05) is 6.61 Å². The van der Waals surface area contributed by atoms with E-state index in [1.807, 2.05) is 0 Å². The Morgan fingerprint density at radius 3 is 2.84 bits per heavy atom. The van der Waals surface area contributed by atoms with E-state index in [2.05, 4.69) is 0 Å². The first-order chi connectivity index (χ1) is 9.25. The van der Waals surface area contributed by atoms with Gasteiger partial charge in [-0.15, -0.1) is 0 Å². The molecule has 1 saturated heterocycles. The number of Topliss-reactive ketones (excluding diaryl/α,β-unsaturated/α-hetero) is 1. The molecule has 3 fully saturated rings. The summed E-state index contributed by atoms with van der Waals surface area (Å²) in [5.41, 5.74) is 0.136. The lowest BCUT2D eigenvalue weighted by atomic mass is 9.78. The number of hydrogen-bond acceptors (Lipinski definition) is 3. The van der Waals surface area contributed by atoms with Crippen molar-refractivity contribution in [1.29, 1.82) is 0 Å². The molecule has 0 radical (unpaired) electrons. The third-order valence-corrected chi connectivity index (χ3v) is 5.71. The van der Waals surface area contributed by atoms with E-state index in [0.29, 0.717) is 30.5 Å². The van der Waals surface area contributed by atoms with Gasteiger partial charge in [-0.1, -0.05) is 6.42 Å². The van der Waals surface area contributed by atoms with Gasteiger partial charge < -0.3 is 9.53 Å². The minimum absolute atomic E-state index is 0.0107. The molecule has 0 bridgehead atoms. The molecule has 1 aliphatic heterocycles. The van der Waals surface area contributed by atoms with Crippen LogP contribution in [-0.2, 0) is 14.3 Å². The summed E-state index contributed by atoms with van der Waals surface area (Å²) in [5, 5.41) is 0. The van der Waals surface area contributed by atoms with Crippen molar-refractivity contribution in [1.82, 2.24) is 0 Å². The minimum atomic E-state index is 0.0107. The van der Waals surface area contributed by atoms with E-state index in [-0.39, 0.29) is 11.5 Å². The predicted molar refractivity (Wildman–Crippen MR) is 71.8 cm³/mol. The van der Waals surface area contributed by atoms with Crippen molar-refractivity contribution >= 4 is 12.1 Å². The maximum atomic E-state index is 11.9. The molecular formula is C16H24O3. The highest BCUT2D eigenvalue weighted by Crippen LogP contribution is 2.50. The maximum absolute atomic E-state index is 11.9. The highest BCUT2D eigenvalue weighted by atomic mass is 16.5. The Morgan fingerprint density at radius 1 is 1.26 bits per heavy atom. The van der Waals surface area contributed by atoms with E-state index < -0.39 is 0 Å². The van der Waals surface area contributed by atoms with Crippen LogP contribution in [0.5, 0.6) is 0 Å². The van der Waals surface area contributed by atoms with Gasteiger partial charge in [-0.05, 0) is 50.4 Å². The molecule has 0 aromatic carbocycles. The molecule has 19 heavy (non-hydrogen) atoms. The lowest BCUT2D eigenvalue weighted by Gasteiger charge is -2.33. The fourth-order valence-corrected chi connectivity index (χ4v) is 4.74. The molecule has 3 aliphatic rings. The molecule has 0 aromatic rings. The molecule has 4 atom stereocenters. The first-order valence-corrected chi connectivity index (χ1v) is 7.85. The predicted octanol–water partition coefficient (Wildman–Crippen LogP) is 2.91. The third-order valence-electron chi connectivity index (χ3n) is 5.71.